The SMILES string of the molecule is C=CCCC1CCC(C2CCC(CCc3cc(F)c(CCO)c(F)c3)CC2)CC1. The van der Waals surface area contributed by atoms with Crippen molar-refractivity contribution in [2.45, 2.75) is 83.5 Å². The molecule has 0 heterocycles. The van der Waals surface area contributed by atoms with Crippen LogP contribution in [-0.4, -0.2) is 11.7 Å². The number of aryl methyl sites for hydroxylation is 1. The highest BCUT2D eigenvalue weighted by molar-refractivity contribution is 5.26. The molecule has 3 rings (SSSR count). The van der Waals surface area contributed by atoms with Gasteiger partial charge in [-0.25, -0.2) is 8.78 Å². The van der Waals surface area contributed by atoms with E-state index in [-0.39, 0.29) is 18.6 Å². The highest BCUT2D eigenvalue weighted by atomic mass is 19.1. The van der Waals surface area contributed by atoms with Gasteiger partial charge in [0.2, 0.25) is 0 Å². The molecule has 1 aromatic carbocycles. The van der Waals surface area contributed by atoms with E-state index in [2.05, 4.69) is 12.7 Å². The number of rotatable bonds is 9. The fourth-order valence-electron chi connectivity index (χ4n) is 5.77. The van der Waals surface area contributed by atoms with E-state index in [1.807, 2.05) is 0 Å². The minimum atomic E-state index is -0.513. The Bertz CT molecular complexity index is 617. The van der Waals surface area contributed by atoms with Gasteiger partial charge in [-0.2, -0.15) is 0 Å². The lowest BCUT2D eigenvalue weighted by atomic mass is 9.68. The quantitative estimate of drug-likeness (QED) is 0.439. The van der Waals surface area contributed by atoms with Crippen LogP contribution in [0.1, 0.15) is 81.8 Å². The Kier molecular flexibility index (Phi) is 8.71. The molecule has 2 aliphatic rings. The van der Waals surface area contributed by atoms with Gasteiger partial charge < -0.3 is 5.11 Å². The van der Waals surface area contributed by atoms with Gasteiger partial charge in [0.05, 0.1) is 0 Å². The zero-order chi connectivity index (χ0) is 20.6. The standard InChI is InChI=1S/C26H38F2O/c1-2-3-4-19-7-11-22(12-8-19)23-13-9-20(10-14-23)5-6-21-17-25(27)24(15-16-29)26(28)18-21/h2,17-20,22-23,29H,1,3-16H2. The highest BCUT2D eigenvalue weighted by Gasteiger charge is 2.30. The molecule has 29 heavy (non-hydrogen) atoms. The largest absolute Gasteiger partial charge is 0.396 e. The summed E-state index contributed by atoms with van der Waals surface area (Å²) in [5, 5.41) is 8.94. The van der Waals surface area contributed by atoms with Crippen molar-refractivity contribution in [3.05, 3.63) is 47.5 Å². The Balaban J connectivity index is 1.40. The molecule has 0 amide bonds. The molecule has 2 fully saturated rings. The molecule has 0 atom stereocenters. The van der Waals surface area contributed by atoms with Crippen LogP contribution in [0, 0.1) is 35.3 Å². The molecule has 0 bridgehead atoms. The van der Waals surface area contributed by atoms with Gasteiger partial charge in [0, 0.05) is 18.6 Å². The van der Waals surface area contributed by atoms with Crippen LogP contribution >= 0.6 is 0 Å². The van der Waals surface area contributed by atoms with Gasteiger partial charge in [-0.15, -0.1) is 6.58 Å². The number of aliphatic hydroxyl groups excluding tert-OH is 1. The van der Waals surface area contributed by atoms with Gasteiger partial charge in [0.1, 0.15) is 11.6 Å². The van der Waals surface area contributed by atoms with Crippen molar-refractivity contribution in [1.82, 2.24) is 0 Å². The summed E-state index contributed by atoms with van der Waals surface area (Å²) >= 11 is 0. The number of allylic oxidation sites excluding steroid dienone is 1. The summed E-state index contributed by atoms with van der Waals surface area (Å²) in [6.07, 6.45) is 17.2. The summed E-state index contributed by atoms with van der Waals surface area (Å²) in [6, 6.07) is 2.93. The maximum atomic E-state index is 14.1. The van der Waals surface area contributed by atoms with Crippen LogP contribution in [-0.2, 0) is 12.8 Å². The van der Waals surface area contributed by atoms with E-state index in [0.29, 0.717) is 5.92 Å². The average Bonchev–Trinajstić information content (AvgIpc) is 2.74. The third-order valence-electron chi connectivity index (χ3n) is 7.63. The van der Waals surface area contributed by atoms with Crippen molar-refractivity contribution < 1.29 is 13.9 Å². The minimum absolute atomic E-state index is 0.0102. The lowest BCUT2D eigenvalue weighted by Gasteiger charge is -2.38. The average molecular weight is 405 g/mol. The summed E-state index contributed by atoms with van der Waals surface area (Å²) < 4.78 is 28.1. The van der Waals surface area contributed by atoms with E-state index in [0.717, 1.165) is 36.2 Å². The first-order valence-corrected chi connectivity index (χ1v) is 11.8. The lowest BCUT2D eigenvalue weighted by molar-refractivity contribution is 0.141. The zero-order valence-corrected chi connectivity index (χ0v) is 17.9. The summed E-state index contributed by atoms with van der Waals surface area (Å²) in [5.41, 5.74) is 0.762. The summed E-state index contributed by atoms with van der Waals surface area (Å²) in [4.78, 5) is 0. The Labute approximate surface area is 175 Å². The van der Waals surface area contributed by atoms with E-state index in [1.54, 1.807) is 0 Å². The van der Waals surface area contributed by atoms with Crippen molar-refractivity contribution in [1.29, 1.82) is 0 Å². The van der Waals surface area contributed by atoms with E-state index < -0.39 is 11.6 Å². The Hall–Kier alpha value is -1.22. The number of halogens is 2. The number of hydrogen-bond acceptors (Lipinski definition) is 1. The molecule has 1 N–H and O–H groups in total. The molecule has 0 aliphatic heterocycles. The first-order valence-electron chi connectivity index (χ1n) is 11.8. The van der Waals surface area contributed by atoms with Crippen molar-refractivity contribution in [3.63, 3.8) is 0 Å². The minimum Gasteiger partial charge on any atom is -0.396 e. The van der Waals surface area contributed by atoms with Crippen LogP contribution in [0.15, 0.2) is 24.8 Å². The van der Waals surface area contributed by atoms with Crippen LogP contribution in [0.5, 0.6) is 0 Å². The predicted octanol–water partition coefficient (Wildman–Crippen LogP) is 7.01. The molecular weight excluding hydrogens is 366 g/mol. The van der Waals surface area contributed by atoms with Crippen molar-refractivity contribution in [3.8, 4) is 0 Å². The molecule has 0 saturated heterocycles. The van der Waals surface area contributed by atoms with Crippen molar-refractivity contribution >= 4 is 0 Å². The normalized spacial score (nSPS) is 27.7. The molecule has 162 valence electrons. The summed E-state index contributed by atoms with van der Waals surface area (Å²) in [5.74, 6) is 2.42. The third kappa shape index (κ3) is 6.38. The van der Waals surface area contributed by atoms with E-state index >= 15 is 0 Å². The van der Waals surface area contributed by atoms with Gasteiger partial charge in [-0.1, -0.05) is 31.8 Å². The van der Waals surface area contributed by atoms with E-state index in [1.165, 1.54) is 76.3 Å². The van der Waals surface area contributed by atoms with Crippen LogP contribution in [0.3, 0.4) is 0 Å². The molecular formula is C26H38F2O. The number of hydrogen-bond donors (Lipinski definition) is 1. The van der Waals surface area contributed by atoms with Crippen LogP contribution < -0.4 is 0 Å². The fraction of sp³-hybridized carbons (Fsp3) is 0.692. The zero-order valence-electron chi connectivity index (χ0n) is 17.9. The molecule has 2 saturated carbocycles. The Morgan fingerprint density at radius 3 is 1.83 bits per heavy atom. The maximum Gasteiger partial charge on any atom is 0.129 e. The van der Waals surface area contributed by atoms with Gasteiger partial charge in [0.25, 0.3) is 0 Å². The Morgan fingerprint density at radius 1 is 0.828 bits per heavy atom. The molecule has 3 heteroatoms. The second-order valence-corrected chi connectivity index (χ2v) is 9.48. The van der Waals surface area contributed by atoms with Gasteiger partial charge >= 0.3 is 0 Å². The van der Waals surface area contributed by atoms with Gasteiger partial charge in [-0.05, 0) is 92.7 Å². The number of benzene rings is 1. The molecule has 0 spiro atoms. The van der Waals surface area contributed by atoms with Gasteiger partial charge in [0.15, 0.2) is 0 Å². The van der Waals surface area contributed by atoms with Crippen LogP contribution in [0.25, 0.3) is 0 Å². The Morgan fingerprint density at radius 2 is 1.34 bits per heavy atom. The second-order valence-electron chi connectivity index (χ2n) is 9.48. The number of aliphatic hydroxyl groups is 1. The smallest absolute Gasteiger partial charge is 0.129 e. The van der Waals surface area contributed by atoms with E-state index in [9.17, 15) is 8.78 Å². The van der Waals surface area contributed by atoms with Crippen LogP contribution in [0.2, 0.25) is 0 Å². The topological polar surface area (TPSA) is 20.2 Å². The molecule has 2 aliphatic carbocycles. The maximum absolute atomic E-state index is 14.1. The second kappa shape index (κ2) is 11.2. The molecule has 1 nitrogen and oxygen atoms in total. The lowest BCUT2D eigenvalue weighted by Crippen LogP contribution is -2.26. The van der Waals surface area contributed by atoms with Crippen molar-refractivity contribution in [2.75, 3.05) is 6.61 Å². The highest BCUT2D eigenvalue weighted by Crippen LogP contribution is 2.43. The molecule has 1 aromatic rings. The first-order chi connectivity index (χ1) is 14.1. The molecule has 0 unspecified atom stereocenters. The monoisotopic (exact) mass is 404 g/mol. The van der Waals surface area contributed by atoms with Gasteiger partial charge in [-0.3, -0.25) is 0 Å². The summed E-state index contributed by atoms with van der Waals surface area (Å²) in [6.45, 7) is 3.62. The van der Waals surface area contributed by atoms with Crippen LogP contribution in [0.4, 0.5) is 8.78 Å². The van der Waals surface area contributed by atoms with Crippen molar-refractivity contribution in [2.24, 2.45) is 23.7 Å². The molecule has 0 aromatic heterocycles. The first kappa shape index (κ1) is 22.5. The fourth-order valence-corrected chi connectivity index (χ4v) is 5.77. The predicted molar refractivity (Wildman–Crippen MR) is 116 cm³/mol. The van der Waals surface area contributed by atoms with E-state index in [4.69, 9.17) is 5.11 Å². The third-order valence-corrected chi connectivity index (χ3v) is 7.63. The summed E-state index contributed by atoms with van der Waals surface area (Å²) in [7, 11) is 0. The molecule has 0 radical (unpaired) electrons.